The first-order chi connectivity index (χ1) is 4.22. The van der Waals surface area contributed by atoms with Crippen molar-refractivity contribution in [3.05, 3.63) is 0 Å². The summed E-state index contributed by atoms with van der Waals surface area (Å²) >= 11 is 0. The molecule has 0 bridgehead atoms. The second kappa shape index (κ2) is 4.73. The molecule has 0 rings (SSSR count). The third kappa shape index (κ3) is 3.46. The summed E-state index contributed by atoms with van der Waals surface area (Å²) in [6.45, 7) is 1.55. The molecular formula is C6H14O3. The molecule has 0 spiro atoms. The van der Waals surface area contributed by atoms with E-state index >= 15 is 0 Å². The minimum Gasteiger partial charge on any atom is -0.394 e. The maximum absolute atomic E-state index is 8.91. The largest absolute Gasteiger partial charge is 0.394 e. The van der Waals surface area contributed by atoms with Crippen LogP contribution in [-0.4, -0.2) is 34.1 Å². The predicted molar refractivity (Wildman–Crippen MR) is 34.0 cm³/mol. The van der Waals surface area contributed by atoms with Gasteiger partial charge in [-0.15, -0.1) is 0 Å². The van der Waals surface area contributed by atoms with Gasteiger partial charge in [-0.05, 0) is 6.42 Å². The van der Waals surface area contributed by atoms with Crippen molar-refractivity contribution in [2.45, 2.75) is 32.0 Å². The summed E-state index contributed by atoms with van der Waals surface area (Å²) in [6.07, 6.45) is -0.370. The first-order valence-corrected chi connectivity index (χ1v) is 3.19. The predicted octanol–water partition coefficient (Wildman–Crippen LogP) is -0.499. The van der Waals surface area contributed by atoms with Crippen molar-refractivity contribution in [3.63, 3.8) is 0 Å². The Kier molecular flexibility index (Phi) is 4.67. The first-order valence-electron chi connectivity index (χ1n) is 3.19. The molecule has 0 radical (unpaired) electrons. The molecule has 3 nitrogen and oxygen atoms in total. The molecule has 0 aliphatic rings. The molecule has 0 heterocycles. The van der Waals surface area contributed by atoms with Crippen LogP contribution in [0.1, 0.15) is 19.8 Å². The SMILES string of the molecule is CCC[C@H](O)[C@H](O)CO. The molecule has 0 aromatic rings. The van der Waals surface area contributed by atoms with Crippen LogP contribution in [0, 0.1) is 0 Å². The molecule has 2 atom stereocenters. The molecule has 0 aliphatic heterocycles. The topological polar surface area (TPSA) is 60.7 Å². The van der Waals surface area contributed by atoms with E-state index in [-0.39, 0.29) is 6.61 Å². The van der Waals surface area contributed by atoms with Gasteiger partial charge in [-0.1, -0.05) is 13.3 Å². The van der Waals surface area contributed by atoms with Gasteiger partial charge in [0.25, 0.3) is 0 Å². The van der Waals surface area contributed by atoms with E-state index in [1.165, 1.54) is 0 Å². The molecule has 9 heavy (non-hydrogen) atoms. The van der Waals surface area contributed by atoms with Crippen molar-refractivity contribution in [2.24, 2.45) is 0 Å². The second-order valence-corrected chi connectivity index (χ2v) is 2.11. The zero-order valence-corrected chi connectivity index (χ0v) is 5.62. The van der Waals surface area contributed by atoms with Crippen molar-refractivity contribution in [3.8, 4) is 0 Å². The lowest BCUT2D eigenvalue weighted by Gasteiger charge is -2.13. The van der Waals surface area contributed by atoms with Crippen LogP contribution >= 0.6 is 0 Å². The maximum Gasteiger partial charge on any atom is 0.103 e. The highest BCUT2D eigenvalue weighted by atomic mass is 16.4. The molecule has 0 fully saturated rings. The molecule has 3 N–H and O–H groups in total. The van der Waals surface area contributed by atoms with Gasteiger partial charge in [-0.3, -0.25) is 0 Å². The number of hydrogen-bond donors (Lipinski definition) is 3. The van der Waals surface area contributed by atoms with E-state index in [1.807, 2.05) is 6.92 Å². The minimum atomic E-state index is -0.968. The minimum absolute atomic E-state index is 0.360. The van der Waals surface area contributed by atoms with Gasteiger partial charge in [-0.2, -0.15) is 0 Å². The van der Waals surface area contributed by atoms with Crippen molar-refractivity contribution in [1.29, 1.82) is 0 Å². The molecular weight excluding hydrogens is 120 g/mol. The van der Waals surface area contributed by atoms with Crippen molar-refractivity contribution in [2.75, 3.05) is 6.61 Å². The zero-order chi connectivity index (χ0) is 7.28. The standard InChI is InChI=1S/C6H14O3/c1-2-3-5(8)6(9)4-7/h5-9H,2-4H2,1H3/t5-,6+/m0/s1. The summed E-state index contributed by atoms with van der Waals surface area (Å²) in [6, 6.07) is 0. The number of hydrogen-bond acceptors (Lipinski definition) is 3. The second-order valence-electron chi connectivity index (χ2n) is 2.11. The molecule has 3 heteroatoms. The van der Waals surface area contributed by atoms with E-state index in [4.69, 9.17) is 15.3 Å². The molecule has 56 valence electrons. The fourth-order valence-electron chi connectivity index (χ4n) is 0.610. The van der Waals surface area contributed by atoms with Gasteiger partial charge in [0.15, 0.2) is 0 Å². The summed E-state index contributed by atoms with van der Waals surface area (Å²) in [5, 5.41) is 26.0. The Bertz CT molecular complexity index is 65.3. The molecule has 0 aromatic carbocycles. The van der Waals surface area contributed by atoms with Crippen LogP contribution in [0.2, 0.25) is 0 Å². The van der Waals surface area contributed by atoms with Gasteiger partial charge in [0.05, 0.1) is 12.7 Å². The number of rotatable bonds is 4. The lowest BCUT2D eigenvalue weighted by molar-refractivity contribution is -0.0177. The van der Waals surface area contributed by atoms with E-state index in [9.17, 15) is 0 Å². The van der Waals surface area contributed by atoms with Crippen LogP contribution in [0.15, 0.2) is 0 Å². The molecule has 0 saturated heterocycles. The van der Waals surface area contributed by atoms with Crippen molar-refractivity contribution < 1.29 is 15.3 Å². The summed E-state index contributed by atoms with van der Waals surface area (Å²) in [5.41, 5.74) is 0. The highest BCUT2D eigenvalue weighted by Crippen LogP contribution is 2.00. The van der Waals surface area contributed by atoms with Gasteiger partial charge in [0.1, 0.15) is 6.10 Å². The lowest BCUT2D eigenvalue weighted by Crippen LogP contribution is -2.28. The monoisotopic (exact) mass is 134 g/mol. The average Bonchev–Trinajstić information content (AvgIpc) is 1.87. The van der Waals surface area contributed by atoms with Crippen LogP contribution in [-0.2, 0) is 0 Å². The van der Waals surface area contributed by atoms with Crippen molar-refractivity contribution in [1.82, 2.24) is 0 Å². The Morgan fingerprint density at radius 1 is 1.22 bits per heavy atom. The van der Waals surface area contributed by atoms with Gasteiger partial charge < -0.3 is 15.3 Å². The Morgan fingerprint density at radius 3 is 2.11 bits per heavy atom. The van der Waals surface area contributed by atoms with E-state index in [1.54, 1.807) is 0 Å². The number of aliphatic hydroxyl groups is 3. The van der Waals surface area contributed by atoms with Crippen molar-refractivity contribution >= 4 is 0 Å². The molecule has 0 amide bonds. The van der Waals surface area contributed by atoms with Gasteiger partial charge in [-0.25, -0.2) is 0 Å². The van der Waals surface area contributed by atoms with Gasteiger partial charge in [0.2, 0.25) is 0 Å². The molecule has 0 aliphatic carbocycles. The average molecular weight is 134 g/mol. The van der Waals surface area contributed by atoms with Crippen LogP contribution in [0.3, 0.4) is 0 Å². The Balaban J connectivity index is 3.32. The normalized spacial score (nSPS) is 17.3. The lowest BCUT2D eigenvalue weighted by atomic mass is 10.1. The van der Waals surface area contributed by atoms with E-state index in [0.29, 0.717) is 6.42 Å². The molecule has 0 aromatic heterocycles. The molecule has 0 saturated carbocycles. The summed E-state index contributed by atoms with van der Waals surface area (Å²) in [5.74, 6) is 0. The Labute approximate surface area is 54.9 Å². The Hall–Kier alpha value is -0.120. The fraction of sp³-hybridized carbons (Fsp3) is 1.00. The van der Waals surface area contributed by atoms with E-state index in [2.05, 4.69) is 0 Å². The van der Waals surface area contributed by atoms with Crippen LogP contribution in [0.5, 0.6) is 0 Å². The van der Waals surface area contributed by atoms with Gasteiger partial charge in [0, 0.05) is 0 Å². The first kappa shape index (κ1) is 8.88. The quantitative estimate of drug-likeness (QED) is 0.486. The summed E-state index contributed by atoms with van der Waals surface area (Å²) in [4.78, 5) is 0. The van der Waals surface area contributed by atoms with Crippen LogP contribution < -0.4 is 0 Å². The Morgan fingerprint density at radius 2 is 1.78 bits per heavy atom. The van der Waals surface area contributed by atoms with Crippen LogP contribution in [0.25, 0.3) is 0 Å². The maximum atomic E-state index is 8.91. The third-order valence-corrected chi connectivity index (χ3v) is 1.22. The number of aliphatic hydroxyl groups excluding tert-OH is 3. The van der Waals surface area contributed by atoms with Gasteiger partial charge >= 0.3 is 0 Å². The fourth-order valence-corrected chi connectivity index (χ4v) is 0.610. The highest BCUT2D eigenvalue weighted by molar-refractivity contribution is 4.63. The summed E-state index contributed by atoms with van der Waals surface area (Å²) < 4.78 is 0. The summed E-state index contributed by atoms with van der Waals surface area (Å²) in [7, 11) is 0. The van der Waals surface area contributed by atoms with E-state index in [0.717, 1.165) is 6.42 Å². The smallest absolute Gasteiger partial charge is 0.103 e. The highest BCUT2D eigenvalue weighted by Gasteiger charge is 2.12. The zero-order valence-electron chi connectivity index (χ0n) is 5.62. The molecule has 0 unspecified atom stereocenters. The van der Waals surface area contributed by atoms with E-state index < -0.39 is 12.2 Å². The van der Waals surface area contributed by atoms with Crippen LogP contribution in [0.4, 0.5) is 0 Å². The third-order valence-electron chi connectivity index (χ3n) is 1.22.